The SMILES string of the molecule is COc1ccccc1CCNc1nc(C)cc(N(Cc2ccccc2)C(C)C)n1. The van der Waals surface area contributed by atoms with Crippen LogP contribution in [0.2, 0.25) is 0 Å². The molecule has 0 bridgehead atoms. The van der Waals surface area contributed by atoms with E-state index in [0.717, 1.165) is 36.8 Å². The van der Waals surface area contributed by atoms with Gasteiger partial charge in [-0.25, -0.2) is 4.98 Å². The summed E-state index contributed by atoms with van der Waals surface area (Å²) in [4.78, 5) is 11.7. The molecule has 0 unspecified atom stereocenters. The highest BCUT2D eigenvalue weighted by Crippen LogP contribution is 2.21. The molecule has 1 N–H and O–H groups in total. The first-order chi connectivity index (χ1) is 14.1. The fourth-order valence-corrected chi connectivity index (χ4v) is 3.30. The topological polar surface area (TPSA) is 50.3 Å². The maximum atomic E-state index is 5.44. The predicted octanol–water partition coefficient (Wildman–Crippen LogP) is 4.86. The highest BCUT2D eigenvalue weighted by Gasteiger charge is 2.15. The van der Waals surface area contributed by atoms with Crippen LogP contribution in [0.5, 0.6) is 5.75 Å². The van der Waals surface area contributed by atoms with Crippen LogP contribution in [0.15, 0.2) is 60.7 Å². The van der Waals surface area contributed by atoms with Gasteiger partial charge < -0.3 is 15.0 Å². The van der Waals surface area contributed by atoms with Gasteiger partial charge in [0.15, 0.2) is 0 Å². The van der Waals surface area contributed by atoms with Crippen LogP contribution in [0.1, 0.15) is 30.7 Å². The van der Waals surface area contributed by atoms with Gasteiger partial charge in [-0.2, -0.15) is 4.98 Å². The Hall–Kier alpha value is -3.08. The van der Waals surface area contributed by atoms with Crippen molar-refractivity contribution in [3.63, 3.8) is 0 Å². The highest BCUT2D eigenvalue weighted by molar-refractivity contribution is 5.46. The molecule has 0 aliphatic rings. The van der Waals surface area contributed by atoms with Crippen LogP contribution in [0.4, 0.5) is 11.8 Å². The first kappa shape index (κ1) is 20.6. The van der Waals surface area contributed by atoms with Crippen molar-refractivity contribution in [3.8, 4) is 5.75 Å². The van der Waals surface area contributed by atoms with Crippen molar-refractivity contribution in [2.24, 2.45) is 0 Å². The molecule has 0 radical (unpaired) electrons. The highest BCUT2D eigenvalue weighted by atomic mass is 16.5. The summed E-state index contributed by atoms with van der Waals surface area (Å²) in [5, 5.41) is 3.38. The molecule has 0 aliphatic carbocycles. The zero-order valence-electron chi connectivity index (χ0n) is 17.7. The molecule has 0 saturated carbocycles. The Bertz CT molecular complexity index is 912. The maximum absolute atomic E-state index is 5.44. The molecule has 2 aromatic carbocycles. The Balaban J connectivity index is 1.72. The number of rotatable bonds is 9. The maximum Gasteiger partial charge on any atom is 0.224 e. The van der Waals surface area contributed by atoms with E-state index < -0.39 is 0 Å². The molecule has 0 aliphatic heterocycles. The summed E-state index contributed by atoms with van der Waals surface area (Å²) in [6.45, 7) is 7.95. The van der Waals surface area contributed by atoms with E-state index in [2.05, 4.69) is 59.4 Å². The quantitative estimate of drug-likeness (QED) is 0.565. The monoisotopic (exact) mass is 390 g/mol. The summed E-state index contributed by atoms with van der Waals surface area (Å²) in [6.07, 6.45) is 0.842. The van der Waals surface area contributed by atoms with E-state index >= 15 is 0 Å². The number of para-hydroxylation sites is 1. The van der Waals surface area contributed by atoms with Gasteiger partial charge in [0.25, 0.3) is 0 Å². The number of aryl methyl sites for hydroxylation is 1. The summed E-state index contributed by atoms with van der Waals surface area (Å²) in [6, 6.07) is 21.0. The zero-order valence-corrected chi connectivity index (χ0v) is 17.7. The lowest BCUT2D eigenvalue weighted by Crippen LogP contribution is -2.31. The summed E-state index contributed by atoms with van der Waals surface area (Å²) in [7, 11) is 1.70. The minimum atomic E-state index is 0.325. The van der Waals surface area contributed by atoms with E-state index in [1.165, 1.54) is 11.1 Å². The zero-order chi connectivity index (χ0) is 20.6. The second kappa shape index (κ2) is 9.92. The van der Waals surface area contributed by atoms with Crippen LogP contribution in [0, 0.1) is 6.92 Å². The van der Waals surface area contributed by atoms with Crippen molar-refractivity contribution in [3.05, 3.63) is 77.5 Å². The van der Waals surface area contributed by atoms with Crippen LogP contribution >= 0.6 is 0 Å². The van der Waals surface area contributed by atoms with Crippen molar-refractivity contribution in [2.75, 3.05) is 23.9 Å². The molecule has 5 nitrogen and oxygen atoms in total. The smallest absolute Gasteiger partial charge is 0.224 e. The molecule has 1 aromatic heterocycles. The van der Waals surface area contributed by atoms with Gasteiger partial charge in [-0.1, -0.05) is 48.5 Å². The summed E-state index contributed by atoms with van der Waals surface area (Å²) < 4.78 is 5.44. The average Bonchev–Trinajstić information content (AvgIpc) is 2.72. The Morgan fingerprint density at radius 1 is 1.00 bits per heavy atom. The van der Waals surface area contributed by atoms with Gasteiger partial charge in [0, 0.05) is 30.9 Å². The van der Waals surface area contributed by atoms with Gasteiger partial charge in [-0.15, -0.1) is 0 Å². The Morgan fingerprint density at radius 2 is 1.72 bits per heavy atom. The molecule has 0 fully saturated rings. The number of hydrogen-bond donors (Lipinski definition) is 1. The molecule has 3 rings (SSSR count). The third-order valence-electron chi connectivity index (χ3n) is 4.82. The van der Waals surface area contributed by atoms with E-state index in [9.17, 15) is 0 Å². The Labute approximate surface area is 173 Å². The molecular weight excluding hydrogens is 360 g/mol. The number of methoxy groups -OCH3 is 1. The number of hydrogen-bond acceptors (Lipinski definition) is 5. The standard InChI is InChI=1S/C24H30N4O/c1-18(2)28(17-20-10-6-5-7-11-20)23-16-19(3)26-24(27-23)25-15-14-21-12-8-9-13-22(21)29-4/h5-13,16,18H,14-15,17H2,1-4H3,(H,25,26,27). The predicted molar refractivity (Wildman–Crippen MR) is 120 cm³/mol. The van der Waals surface area contributed by atoms with Crippen molar-refractivity contribution in [1.82, 2.24) is 9.97 Å². The Kier molecular flexibility index (Phi) is 7.06. The van der Waals surface area contributed by atoms with Crippen LogP contribution in [0.25, 0.3) is 0 Å². The summed E-state index contributed by atoms with van der Waals surface area (Å²) in [5.74, 6) is 2.51. The molecule has 1 heterocycles. The lowest BCUT2D eigenvalue weighted by Gasteiger charge is -2.28. The van der Waals surface area contributed by atoms with Gasteiger partial charge >= 0.3 is 0 Å². The van der Waals surface area contributed by atoms with E-state index in [4.69, 9.17) is 9.72 Å². The fourth-order valence-electron chi connectivity index (χ4n) is 3.30. The lowest BCUT2D eigenvalue weighted by molar-refractivity contribution is 0.410. The molecule has 0 spiro atoms. The normalized spacial score (nSPS) is 10.8. The van der Waals surface area contributed by atoms with E-state index in [1.807, 2.05) is 37.3 Å². The number of anilines is 2. The minimum absolute atomic E-state index is 0.325. The van der Waals surface area contributed by atoms with Crippen LogP contribution in [-0.2, 0) is 13.0 Å². The molecule has 0 saturated heterocycles. The summed E-state index contributed by atoms with van der Waals surface area (Å²) in [5.41, 5.74) is 3.39. The van der Waals surface area contributed by atoms with Crippen molar-refractivity contribution in [1.29, 1.82) is 0 Å². The molecule has 5 heteroatoms. The summed E-state index contributed by atoms with van der Waals surface area (Å²) >= 11 is 0. The van der Waals surface area contributed by atoms with E-state index in [0.29, 0.717) is 12.0 Å². The molecule has 29 heavy (non-hydrogen) atoms. The third kappa shape index (κ3) is 5.70. The fraction of sp³-hybridized carbons (Fsp3) is 0.333. The van der Waals surface area contributed by atoms with Gasteiger partial charge in [-0.3, -0.25) is 0 Å². The number of nitrogens with one attached hydrogen (secondary N) is 1. The van der Waals surface area contributed by atoms with Crippen LogP contribution in [0.3, 0.4) is 0 Å². The van der Waals surface area contributed by atoms with Gasteiger partial charge in [0.05, 0.1) is 7.11 Å². The van der Waals surface area contributed by atoms with Crippen LogP contribution < -0.4 is 15.0 Å². The lowest BCUT2D eigenvalue weighted by atomic mass is 10.1. The molecule has 0 atom stereocenters. The molecule has 0 amide bonds. The van der Waals surface area contributed by atoms with Crippen molar-refractivity contribution >= 4 is 11.8 Å². The minimum Gasteiger partial charge on any atom is -0.496 e. The van der Waals surface area contributed by atoms with E-state index in [1.54, 1.807) is 7.11 Å². The van der Waals surface area contributed by atoms with Gasteiger partial charge in [-0.05, 0) is 44.4 Å². The number of nitrogens with zero attached hydrogens (tertiary/aromatic N) is 3. The second-order valence-corrected chi connectivity index (χ2v) is 7.39. The number of aromatic nitrogens is 2. The molecular formula is C24H30N4O. The van der Waals surface area contributed by atoms with Crippen molar-refractivity contribution < 1.29 is 4.74 Å². The average molecular weight is 391 g/mol. The van der Waals surface area contributed by atoms with Gasteiger partial charge in [0.1, 0.15) is 11.6 Å². The molecule has 152 valence electrons. The van der Waals surface area contributed by atoms with E-state index in [-0.39, 0.29) is 0 Å². The van der Waals surface area contributed by atoms with Crippen LogP contribution in [-0.4, -0.2) is 29.7 Å². The largest absolute Gasteiger partial charge is 0.496 e. The second-order valence-electron chi connectivity index (χ2n) is 7.39. The number of benzene rings is 2. The molecule has 3 aromatic rings. The number of ether oxygens (including phenoxy) is 1. The Morgan fingerprint density at radius 3 is 2.45 bits per heavy atom. The third-order valence-corrected chi connectivity index (χ3v) is 4.82. The first-order valence-corrected chi connectivity index (χ1v) is 10.1. The first-order valence-electron chi connectivity index (χ1n) is 10.1. The van der Waals surface area contributed by atoms with Crippen molar-refractivity contribution in [2.45, 2.75) is 39.8 Å². The van der Waals surface area contributed by atoms with Gasteiger partial charge in [0.2, 0.25) is 5.95 Å².